The first-order chi connectivity index (χ1) is 10.7. The molecule has 1 aromatic carbocycles. The minimum Gasteiger partial charge on any atom is -0.308 e. The van der Waals surface area contributed by atoms with Gasteiger partial charge in [0.25, 0.3) is 0 Å². The molecule has 1 unspecified atom stereocenters. The van der Waals surface area contributed by atoms with Gasteiger partial charge in [0, 0.05) is 17.2 Å². The van der Waals surface area contributed by atoms with Crippen molar-refractivity contribution in [1.29, 1.82) is 0 Å². The van der Waals surface area contributed by atoms with Crippen molar-refractivity contribution in [2.24, 2.45) is 21.6 Å². The predicted octanol–water partition coefficient (Wildman–Crippen LogP) is 2.96. The highest BCUT2D eigenvalue weighted by molar-refractivity contribution is 6.15. The molecule has 0 amide bonds. The number of nitrogens with zero attached hydrogens (tertiary/aromatic N) is 3. The number of nitrogens with two attached hydrogens (primary N) is 1. The van der Waals surface area contributed by atoms with E-state index in [1.807, 2.05) is 0 Å². The van der Waals surface area contributed by atoms with Crippen molar-refractivity contribution in [3.8, 4) is 0 Å². The fraction of sp³-hybridized carbons (Fsp3) is 0.556. The van der Waals surface area contributed by atoms with Crippen LogP contribution in [0.2, 0.25) is 0 Å². The lowest BCUT2D eigenvalue weighted by Gasteiger charge is -2.34. The normalized spacial score (nSPS) is 28.5. The molecular formula is C18H24N4. The summed E-state index contributed by atoms with van der Waals surface area (Å²) >= 11 is 0. The zero-order chi connectivity index (χ0) is 15.2. The van der Waals surface area contributed by atoms with E-state index in [1.54, 1.807) is 0 Å². The third kappa shape index (κ3) is 2.17. The van der Waals surface area contributed by atoms with E-state index in [1.165, 1.54) is 49.1 Å². The standard InChI is InChI=1S/C18H24N4/c1-18(19)12-21-16-11-20-17(13-7-3-2-4-8-13)14-9-5-6-10-15(14)22(16)18/h5-6,9-10,13H,2-4,7-8,11-12,19H2,1H3. The first-order valence-electron chi connectivity index (χ1n) is 8.43. The Bertz CT molecular complexity index is 638. The lowest BCUT2D eigenvalue weighted by Crippen LogP contribution is -2.55. The van der Waals surface area contributed by atoms with Gasteiger partial charge >= 0.3 is 0 Å². The Balaban J connectivity index is 1.81. The minimum atomic E-state index is -0.441. The van der Waals surface area contributed by atoms with Crippen molar-refractivity contribution in [2.75, 3.05) is 18.0 Å². The zero-order valence-corrected chi connectivity index (χ0v) is 13.3. The van der Waals surface area contributed by atoms with Gasteiger partial charge in [0.15, 0.2) is 0 Å². The van der Waals surface area contributed by atoms with Crippen LogP contribution in [0.5, 0.6) is 0 Å². The molecule has 0 aromatic heterocycles. The number of anilines is 1. The third-order valence-electron chi connectivity index (χ3n) is 5.15. The first-order valence-corrected chi connectivity index (χ1v) is 8.43. The molecule has 2 aliphatic heterocycles. The van der Waals surface area contributed by atoms with Gasteiger partial charge in [-0.15, -0.1) is 0 Å². The van der Waals surface area contributed by atoms with Gasteiger partial charge in [0.1, 0.15) is 11.5 Å². The molecular weight excluding hydrogens is 272 g/mol. The number of hydrogen-bond acceptors (Lipinski definition) is 4. The summed E-state index contributed by atoms with van der Waals surface area (Å²) in [7, 11) is 0. The third-order valence-corrected chi connectivity index (χ3v) is 5.15. The average molecular weight is 296 g/mol. The Kier molecular flexibility index (Phi) is 3.30. The molecule has 1 fully saturated rings. The summed E-state index contributed by atoms with van der Waals surface area (Å²) in [5.41, 5.74) is 9.79. The van der Waals surface area contributed by atoms with Crippen LogP contribution in [0.15, 0.2) is 34.3 Å². The number of rotatable bonds is 1. The van der Waals surface area contributed by atoms with Gasteiger partial charge in [-0.05, 0) is 25.8 Å². The number of amidine groups is 1. The second-order valence-corrected chi connectivity index (χ2v) is 6.98. The van der Waals surface area contributed by atoms with E-state index in [9.17, 15) is 0 Å². The van der Waals surface area contributed by atoms with E-state index in [0.717, 1.165) is 5.84 Å². The van der Waals surface area contributed by atoms with Crippen LogP contribution in [0.4, 0.5) is 5.69 Å². The van der Waals surface area contributed by atoms with E-state index < -0.39 is 5.66 Å². The molecule has 22 heavy (non-hydrogen) atoms. The maximum absolute atomic E-state index is 6.50. The molecule has 1 aromatic rings. The number of aliphatic imine (C=N–C) groups is 2. The van der Waals surface area contributed by atoms with E-state index in [2.05, 4.69) is 41.1 Å². The molecule has 4 heteroatoms. The molecule has 1 aliphatic carbocycles. The van der Waals surface area contributed by atoms with Crippen molar-refractivity contribution in [1.82, 2.24) is 0 Å². The quantitative estimate of drug-likeness (QED) is 0.866. The summed E-state index contributed by atoms with van der Waals surface area (Å²) in [6.45, 7) is 3.37. The van der Waals surface area contributed by atoms with Crippen LogP contribution < -0.4 is 10.6 Å². The molecule has 4 rings (SSSR count). The Labute approximate surface area is 132 Å². The molecule has 2 N–H and O–H groups in total. The second-order valence-electron chi connectivity index (χ2n) is 6.98. The fourth-order valence-corrected chi connectivity index (χ4v) is 4.07. The van der Waals surface area contributed by atoms with Crippen LogP contribution in [-0.4, -0.2) is 30.3 Å². The summed E-state index contributed by atoms with van der Waals surface area (Å²) in [6.07, 6.45) is 6.54. The zero-order valence-electron chi connectivity index (χ0n) is 13.3. The van der Waals surface area contributed by atoms with Gasteiger partial charge in [-0.2, -0.15) is 0 Å². The van der Waals surface area contributed by atoms with Gasteiger partial charge in [0.05, 0.1) is 18.8 Å². The van der Waals surface area contributed by atoms with Crippen molar-refractivity contribution >= 4 is 17.2 Å². The highest BCUT2D eigenvalue weighted by Gasteiger charge is 2.39. The van der Waals surface area contributed by atoms with Gasteiger partial charge in [-0.25, -0.2) is 0 Å². The van der Waals surface area contributed by atoms with Crippen LogP contribution in [0, 0.1) is 5.92 Å². The lowest BCUT2D eigenvalue weighted by atomic mass is 9.82. The van der Waals surface area contributed by atoms with E-state index >= 15 is 0 Å². The van der Waals surface area contributed by atoms with Gasteiger partial charge < -0.3 is 10.6 Å². The molecule has 0 bridgehead atoms. The molecule has 1 saturated carbocycles. The van der Waals surface area contributed by atoms with Crippen molar-refractivity contribution in [3.05, 3.63) is 29.8 Å². The van der Waals surface area contributed by atoms with E-state index in [-0.39, 0.29) is 0 Å². The topological polar surface area (TPSA) is 54.0 Å². The molecule has 0 saturated heterocycles. The summed E-state index contributed by atoms with van der Waals surface area (Å²) < 4.78 is 0. The predicted molar refractivity (Wildman–Crippen MR) is 91.8 cm³/mol. The first kappa shape index (κ1) is 13.9. The van der Waals surface area contributed by atoms with E-state index in [4.69, 9.17) is 10.7 Å². The molecule has 3 aliphatic rings. The molecule has 1 atom stereocenters. The average Bonchev–Trinajstić information content (AvgIpc) is 2.74. The minimum absolute atomic E-state index is 0.441. The summed E-state index contributed by atoms with van der Waals surface area (Å²) in [4.78, 5) is 11.9. The van der Waals surface area contributed by atoms with Crippen LogP contribution in [0.3, 0.4) is 0 Å². The highest BCUT2D eigenvalue weighted by atomic mass is 15.4. The van der Waals surface area contributed by atoms with Crippen LogP contribution in [-0.2, 0) is 0 Å². The number of benzene rings is 1. The monoisotopic (exact) mass is 296 g/mol. The number of fused-ring (bicyclic) bond motifs is 3. The molecule has 116 valence electrons. The smallest absolute Gasteiger partial charge is 0.127 e. The maximum Gasteiger partial charge on any atom is 0.127 e. The number of hydrogen-bond donors (Lipinski definition) is 1. The Morgan fingerprint density at radius 3 is 2.73 bits per heavy atom. The number of para-hydroxylation sites is 1. The SMILES string of the molecule is CC1(N)CN=C2CN=C(C3CCCCC3)c3ccccc3N21. The lowest BCUT2D eigenvalue weighted by molar-refractivity contribution is 0.439. The van der Waals surface area contributed by atoms with Gasteiger partial charge in [-0.1, -0.05) is 37.5 Å². The molecule has 4 nitrogen and oxygen atoms in total. The summed E-state index contributed by atoms with van der Waals surface area (Å²) in [6, 6.07) is 8.59. The summed E-state index contributed by atoms with van der Waals surface area (Å²) in [5, 5.41) is 0. The molecule has 0 radical (unpaired) electrons. The van der Waals surface area contributed by atoms with Gasteiger partial charge in [-0.3, -0.25) is 9.98 Å². The second kappa shape index (κ2) is 5.20. The maximum atomic E-state index is 6.50. The largest absolute Gasteiger partial charge is 0.308 e. The van der Waals surface area contributed by atoms with Crippen LogP contribution in [0.1, 0.15) is 44.6 Å². The Morgan fingerprint density at radius 1 is 1.14 bits per heavy atom. The van der Waals surface area contributed by atoms with E-state index in [0.29, 0.717) is 19.0 Å². The van der Waals surface area contributed by atoms with Crippen LogP contribution in [0.25, 0.3) is 0 Å². The van der Waals surface area contributed by atoms with Crippen molar-refractivity contribution in [3.63, 3.8) is 0 Å². The van der Waals surface area contributed by atoms with Crippen LogP contribution >= 0.6 is 0 Å². The molecule has 2 heterocycles. The fourth-order valence-electron chi connectivity index (χ4n) is 4.07. The summed E-state index contributed by atoms with van der Waals surface area (Å²) in [5.74, 6) is 1.61. The van der Waals surface area contributed by atoms with Crippen molar-refractivity contribution in [2.45, 2.75) is 44.7 Å². The Morgan fingerprint density at radius 2 is 1.91 bits per heavy atom. The van der Waals surface area contributed by atoms with Crippen molar-refractivity contribution < 1.29 is 0 Å². The van der Waals surface area contributed by atoms with Gasteiger partial charge in [0.2, 0.25) is 0 Å². The Hall–Kier alpha value is -1.68. The molecule has 0 spiro atoms. The highest BCUT2D eigenvalue weighted by Crippen LogP contribution is 2.36.